The molecule has 0 bridgehead atoms. The number of ether oxygens (including phenoxy) is 2. The van der Waals surface area contributed by atoms with Gasteiger partial charge in [0.05, 0.1) is 24.2 Å². The molecule has 0 aromatic heterocycles. The van der Waals surface area contributed by atoms with Crippen molar-refractivity contribution in [3.63, 3.8) is 0 Å². The molecule has 0 saturated carbocycles. The van der Waals surface area contributed by atoms with Crippen molar-refractivity contribution in [2.75, 3.05) is 13.2 Å². The van der Waals surface area contributed by atoms with Crippen LogP contribution < -0.4 is 9.47 Å². The van der Waals surface area contributed by atoms with E-state index in [-0.39, 0.29) is 27.8 Å². The predicted molar refractivity (Wildman–Crippen MR) is 223 cm³/mol. The van der Waals surface area contributed by atoms with E-state index in [0.29, 0.717) is 35.8 Å². The van der Waals surface area contributed by atoms with Gasteiger partial charge in [-0.05, 0) is 72.1 Å². The first-order chi connectivity index (χ1) is 25.5. The zero-order valence-corrected chi connectivity index (χ0v) is 34.7. The lowest BCUT2D eigenvalue weighted by molar-refractivity contribution is -0.384. The maximum Gasteiger partial charge on any atom is 0.270 e. The van der Waals surface area contributed by atoms with Crippen LogP contribution in [0.15, 0.2) is 59.6 Å². The Labute approximate surface area is 325 Å². The average molecular weight is 745 g/mol. The van der Waals surface area contributed by atoms with E-state index in [1.807, 2.05) is 31.2 Å². The average Bonchev–Trinajstić information content (AvgIpc) is 3.12. The molecule has 3 aromatic carbocycles. The number of non-ortho nitro benzene ring substituents is 1. The SMILES string of the molecule is CCCCCCCCOc1ccc(C(C)(C)C)cc1C(O)(c1cc(C(C)(C)C)ccc1OCCCCCCCC)C(C)N=Cc1cc([N+](=O)[O-])ccc1O. The van der Waals surface area contributed by atoms with Crippen LogP contribution in [0.5, 0.6) is 17.2 Å². The number of phenolic OH excluding ortho intramolecular Hbond substituents is 1. The summed E-state index contributed by atoms with van der Waals surface area (Å²) in [4.78, 5) is 15.9. The molecule has 1 atom stereocenters. The fourth-order valence-electron chi connectivity index (χ4n) is 6.62. The number of nitrogens with zero attached hydrogens (tertiary/aromatic N) is 2. The number of aromatic hydroxyl groups is 1. The Bertz CT molecular complexity index is 1570. The highest BCUT2D eigenvalue weighted by Gasteiger charge is 2.43. The van der Waals surface area contributed by atoms with Crippen LogP contribution in [0.4, 0.5) is 5.69 Å². The lowest BCUT2D eigenvalue weighted by Gasteiger charge is -2.37. The molecule has 3 aromatic rings. The molecule has 0 heterocycles. The second kappa shape index (κ2) is 20.7. The van der Waals surface area contributed by atoms with E-state index in [1.54, 1.807) is 0 Å². The summed E-state index contributed by atoms with van der Waals surface area (Å²) in [6.45, 7) is 20.1. The van der Waals surface area contributed by atoms with Crippen molar-refractivity contribution in [3.8, 4) is 17.2 Å². The summed E-state index contributed by atoms with van der Waals surface area (Å²) >= 11 is 0. The van der Waals surface area contributed by atoms with Gasteiger partial charge in [-0.3, -0.25) is 15.1 Å². The third-order valence-electron chi connectivity index (χ3n) is 10.3. The van der Waals surface area contributed by atoms with E-state index in [9.17, 15) is 20.3 Å². The van der Waals surface area contributed by atoms with Gasteiger partial charge in [-0.1, -0.05) is 132 Å². The predicted octanol–water partition coefficient (Wildman–Crippen LogP) is 12.1. The molecule has 0 aliphatic carbocycles. The molecule has 8 nitrogen and oxygen atoms in total. The topological polar surface area (TPSA) is 114 Å². The summed E-state index contributed by atoms with van der Waals surface area (Å²) in [5, 5.41) is 35.9. The summed E-state index contributed by atoms with van der Waals surface area (Å²) in [5.41, 5.74) is 0.968. The Hall–Kier alpha value is -3.91. The van der Waals surface area contributed by atoms with Gasteiger partial charge < -0.3 is 19.7 Å². The first-order valence-electron chi connectivity index (χ1n) is 20.3. The van der Waals surface area contributed by atoms with Crippen LogP contribution in [-0.2, 0) is 16.4 Å². The summed E-state index contributed by atoms with van der Waals surface area (Å²) < 4.78 is 13.1. The van der Waals surface area contributed by atoms with E-state index in [2.05, 4.69) is 67.5 Å². The van der Waals surface area contributed by atoms with Gasteiger partial charge in [-0.15, -0.1) is 0 Å². The third kappa shape index (κ3) is 12.6. The quantitative estimate of drug-likeness (QED) is 0.0458. The third-order valence-corrected chi connectivity index (χ3v) is 10.3. The minimum atomic E-state index is -1.78. The van der Waals surface area contributed by atoms with Gasteiger partial charge in [-0.2, -0.15) is 0 Å². The van der Waals surface area contributed by atoms with Crippen molar-refractivity contribution in [2.24, 2.45) is 4.99 Å². The Kier molecular flexibility index (Phi) is 17.0. The fourth-order valence-corrected chi connectivity index (χ4v) is 6.62. The molecule has 298 valence electrons. The number of nitro benzene ring substituents is 1. The van der Waals surface area contributed by atoms with Crippen LogP contribution in [-0.4, -0.2) is 40.6 Å². The van der Waals surface area contributed by atoms with E-state index in [1.165, 1.54) is 62.9 Å². The lowest BCUT2D eigenvalue weighted by atomic mass is 9.75. The fraction of sp³-hybridized carbons (Fsp3) is 0.587. The lowest BCUT2D eigenvalue weighted by Crippen LogP contribution is -2.39. The Balaban J connectivity index is 2.24. The van der Waals surface area contributed by atoms with Crippen LogP contribution in [0.25, 0.3) is 0 Å². The van der Waals surface area contributed by atoms with Gasteiger partial charge >= 0.3 is 0 Å². The van der Waals surface area contributed by atoms with Gasteiger partial charge in [0.15, 0.2) is 0 Å². The molecule has 2 N–H and O–H groups in total. The molecule has 0 aliphatic heterocycles. The zero-order valence-electron chi connectivity index (χ0n) is 34.7. The Morgan fingerprint density at radius 3 is 1.57 bits per heavy atom. The second-order valence-electron chi connectivity index (χ2n) is 16.9. The number of benzene rings is 3. The number of nitro groups is 1. The van der Waals surface area contributed by atoms with Crippen molar-refractivity contribution in [3.05, 3.63) is 92.5 Å². The van der Waals surface area contributed by atoms with Crippen LogP contribution >= 0.6 is 0 Å². The van der Waals surface area contributed by atoms with Crippen molar-refractivity contribution in [1.82, 2.24) is 0 Å². The highest BCUT2D eigenvalue weighted by atomic mass is 16.6. The number of aliphatic hydroxyl groups is 1. The van der Waals surface area contributed by atoms with Crippen molar-refractivity contribution in [1.29, 1.82) is 0 Å². The summed E-state index contributed by atoms with van der Waals surface area (Å²) in [5.74, 6) is 1.00. The minimum Gasteiger partial charge on any atom is -0.507 e. The van der Waals surface area contributed by atoms with E-state index in [4.69, 9.17) is 14.5 Å². The standard InChI is InChI=1S/C46H68N2O6/c1-10-12-14-16-18-20-28-53-42-26-22-36(44(4,5)6)31-39(42)46(50,34(3)47-33-35-30-38(48(51)52)24-25-41(35)49)40-32-37(45(7,8)9)23-27-43(40)54-29-21-19-17-15-13-11-2/h22-27,30-34,49-50H,10-21,28-29H2,1-9H3. The smallest absolute Gasteiger partial charge is 0.270 e. The summed E-state index contributed by atoms with van der Waals surface area (Å²) in [7, 11) is 0. The molecule has 1 unspecified atom stereocenters. The largest absolute Gasteiger partial charge is 0.507 e. The highest BCUT2D eigenvalue weighted by Crippen LogP contribution is 2.46. The van der Waals surface area contributed by atoms with Gasteiger partial charge in [0.1, 0.15) is 22.8 Å². The van der Waals surface area contributed by atoms with Gasteiger partial charge in [-0.25, -0.2) is 0 Å². The number of unbranched alkanes of at least 4 members (excludes halogenated alkanes) is 10. The molecule has 0 saturated heterocycles. The maximum atomic E-state index is 13.6. The molecule has 0 aliphatic rings. The zero-order chi connectivity index (χ0) is 39.9. The molecular formula is C46H68N2O6. The number of hydrogen-bond donors (Lipinski definition) is 2. The van der Waals surface area contributed by atoms with Crippen molar-refractivity contribution in [2.45, 2.75) is 162 Å². The number of hydrogen-bond acceptors (Lipinski definition) is 7. The van der Waals surface area contributed by atoms with E-state index < -0.39 is 16.6 Å². The van der Waals surface area contributed by atoms with Crippen LogP contribution in [0.2, 0.25) is 0 Å². The Morgan fingerprint density at radius 1 is 0.704 bits per heavy atom. The normalized spacial score (nSPS) is 13.0. The van der Waals surface area contributed by atoms with Gasteiger partial charge in [0, 0.05) is 35.0 Å². The highest BCUT2D eigenvalue weighted by molar-refractivity contribution is 5.84. The van der Waals surface area contributed by atoms with Gasteiger partial charge in [0.25, 0.3) is 5.69 Å². The molecule has 0 spiro atoms. The molecule has 0 radical (unpaired) electrons. The van der Waals surface area contributed by atoms with Crippen molar-refractivity contribution < 1.29 is 24.6 Å². The molecule has 54 heavy (non-hydrogen) atoms. The monoisotopic (exact) mass is 745 g/mol. The van der Waals surface area contributed by atoms with Crippen LogP contribution in [0, 0.1) is 10.1 Å². The number of aliphatic imine (C=N–C) groups is 1. The molecule has 0 fully saturated rings. The minimum absolute atomic E-state index is 0.143. The molecule has 0 amide bonds. The number of rotatable bonds is 22. The Morgan fingerprint density at radius 2 is 1.15 bits per heavy atom. The molecule has 3 rings (SSSR count). The van der Waals surface area contributed by atoms with E-state index >= 15 is 0 Å². The van der Waals surface area contributed by atoms with Gasteiger partial charge in [0.2, 0.25) is 0 Å². The first-order valence-corrected chi connectivity index (χ1v) is 20.3. The van der Waals surface area contributed by atoms with Crippen LogP contribution in [0.3, 0.4) is 0 Å². The van der Waals surface area contributed by atoms with Crippen LogP contribution in [0.1, 0.15) is 167 Å². The molecule has 8 heteroatoms. The second-order valence-corrected chi connectivity index (χ2v) is 16.9. The van der Waals surface area contributed by atoms with Crippen molar-refractivity contribution >= 4 is 11.9 Å². The summed E-state index contributed by atoms with van der Waals surface area (Å²) in [6, 6.07) is 15.1. The first kappa shape index (κ1) is 44.5. The van der Waals surface area contributed by atoms with E-state index in [0.717, 1.165) is 49.7 Å². The molecular weight excluding hydrogens is 677 g/mol. The summed E-state index contributed by atoms with van der Waals surface area (Å²) in [6.07, 6.45) is 14.9. The number of phenols is 1. The maximum absolute atomic E-state index is 13.6.